The number of aryl methyl sites for hydroxylation is 2. The van der Waals surface area contributed by atoms with Crippen LogP contribution in [0, 0.1) is 6.92 Å². The van der Waals surface area contributed by atoms with Gasteiger partial charge in [-0.1, -0.05) is 6.07 Å². The molecule has 0 saturated carbocycles. The summed E-state index contributed by atoms with van der Waals surface area (Å²) >= 11 is 1.17. The third-order valence-corrected chi connectivity index (χ3v) is 5.40. The minimum absolute atomic E-state index is 0.285. The number of sulfonamides is 1. The molecule has 23 heavy (non-hydrogen) atoms. The fourth-order valence-electron chi connectivity index (χ4n) is 1.81. The van der Waals surface area contributed by atoms with Crippen LogP contribution < -0.4 is 4.72 Å². The number of imidazole rings is 1. The quantitative estimate of drug-likeness (QED) is 0.708. The van der Waals surface area contributed by atoms with Crippen LogP contribution in [0.1, 0.15) is 21.9 Å². The van der Waals surface area contributed by atoms with E-state index >= 15 is 0 Å². The smallest absolute Gasteiger partial charge is 0.322 e. The lowest BCUT2D eigenvalue weighted by molar-refractivity contribution is -0.138. The zero-order valence-electron chi connectivity index (χ0n) is 12.4. The Hall–Kier alpha value is -2.04. The number of carbonyl (C=O) groups excluding carboxylic acids is 1. The number of aromatic nitrogens is 2. The summed E-state index contributed by atoms with van der Waals surface area (Å²) in [5, 5.41) is 10.6. The summed E-state index contributed by atoms with van der Waals surface area (Å²) in [6, 6.07) is 1.66. The minimum atomic E-state index is -4.13. The van der Waals surface area contributed by atoms with Crippen LogP contribution in [-0.2, 0) is 21.9 Å². The van der Waals surface area contributed by atoms with Crippen LogP contribution in [0.3, 0.4) is 0 Å². The van der Waals surface area contributed by atoms with Crippen LogP contribution in [0.15, 0.2) is 28.7 Å². The van der Waals surface area contributed by atoms with Gasteiger partial charge in [-0.2, -0.15) is 4.72 Å². The van der Waals surface area contributed by atoms with E-state index in [0.717, 1.165) is 0 Å². The standard InChI is InChI=1S/C13H15N3O5S2/c1-8-14-12(7-16(8)2)23(20,21)15-9(13(18)19)6-10(17)11-4-3-5-22-11/h3-5,7,9,15H,6H2,1-2H3,(H,18,19). The highest BCUT2D eigenvalue weighted by Crippen LogP contribution is 2.14. The Labute approximate surface area is 136 Å². The topological polar surface area (TPSA) is 118 Å². The molecule has 124 valence electrons. The van der Waals surface area contributed by atoms with Crippen molar-refractivity contribution in [1.82, 2.24) is 14.3 Å². The normalized spacial score (nSPS) is 13.0. The zero-order valence-corrected chi connectivity index (χ0v) is 14.0. The van der Waals surface area contributed by atoms with Gasteiger partial charge in [-0.15, -0.1) is 11.3 Å². The molecule has 0 aliphatic heterocycles. The van der Waals surface area contributed by atoms with Gasteiger partial charge in [-0.3, -0.25) is 9.59 Å². The molecule has 0 aromatic carbocycles. The molecule has 0 aliphatic carbocycles. The molecule has 0 bridgehead atoms. The molecule has 1 unspecified atom stereocenters. The number of carbonyl (C=O) groups is 2. The van der Waals surface area contributed by atoms with Crippen molar-refractivity contribution in [3.8, 4) is 0 Å². The van der Waals surface area contributed by atoms with Crippen molar-refractivity contribution in [1.29, 1.82) is 0 Å². The summed E-state index contributed by atoms with van der Waals surface area (Å²) < 4.78 is 28.0. The minimum Gasteiger partial charge on any atom is -0.480 e. The van der Waals surface area contributed by atoms with Crippen LogP contribution in [0.5, 0.6) is 0 Å². The van der Waals surface area contributed by atoms with Gasteiger partial charge in [0.2, 0.25) is 0 Å². The van der Waals surface area contributed by atoms with E-state index < -0.39 is 34.2 Å². The third-order valence-electron chi connectivity index (χ3n) is 3.14. The van der Waals surface area contributed by atoms with E-state index in [2.05, 4.69) is 4.98 Å². The monoisotopic (exact) mass is 357 g/mol. The fourth-order valence-corrected chi connectivity index (χ4v) is 3.71. The summed E-state index contributed by atoms with van der Waals surface area (Å²) in [6.07, 6.45) is 0.804. The Bertz CT molecular complexity index is 804. The fraction of sp³-hybridized carbons (Fsp3) is 0.308. The number of carboxylic acids is 1. The Kier molecular flexibility index (Phi) is 4.97. The number of Topliss-reactive ketones (excluding diaryl/α,β-unsaturated/α-hetero) is 1. The first-order valence-corrected chi connectivity index (χ1v) is 8.89. The second kappa shape index (κ2) is 6.60. The van der Waals surface area contributed by atoms with Gasteiger partial charge >= 0.3 is 5.97 Å². The van der Waals surface area contributed by atoms with Crippen LogP contribution in [-0.4, -0.2) is 40.9 Å². The van der Waals surface area contributed by atoms with Gasteiger partial charge in [0.15, 0.2) is 10.8 Å². The van der Waals surface area contributed by atoms with Gasteiger partial charge in [0.1, 0.15) is 11.9 Å². The average molecular weight is 357 g/mol. The highest BCUT2D eigenvalue weighted by molar-refractivity contribution is 7.89. The number of thiophene rings is 1. The molecule has 1 atom stereocenters. The second-order valence-electron chi connectivity index (χ2n) is 4.85. The van der Waals surface area contributed by atoms with Crippen LogP contribution in [0.2, 0.25) is 0 Å². The molecule has 2 N–H and O–H groups in total. The lowest BCUT2D eigenvalue weighted by atomic mass is 10.1. The first kappa shape index (κ1) is 17.3. The molecule has 2 rings (SSSR count). The van der Waals surface area contributed by atoms with Crippen molar-refractivity contribution in [2.45, 2.75) is 24.4 Å². The van der Waals surface area contributed by atoms with Gasteiger partial charge in [-0.05, 0) is 18.4 Å². The summed E-state index contributed by atoms with van der Waals surface area (Å²) in [6.45, 7) is 1.62. The van der Waals surface area contributed by atoms with Crippen molar-refractivity contribution in [3.63, 3.8) is 0 Å². The molecule has 0 aliphatic rings. The number of rotatable bonds is 7. The van der Waals surface area contributed by atoms with Gasteiger partial charge < -0.3 is 9.67 Å². The molecule has 0 saturated heterocycles. The van der Waals surface area contributed by atoms with Crippen LogP contribution >= 0.6 is 11.3 Å². The number of carboxylic acid groups (broad SMARTS) is 1. The maximum absolute atomic E-state index is 12.2. The Morgan fingerprint density at radius 2 is 2.17 bits per heavy atom. The Morgan fingerprint density at radius 3 is 2.65 bits per heavy atom. The molecular formula is C13H15N3O5S2. The SMILES string of the molecule is Cc1nc(S(=O)(=O)NC(CC(=O)c2cccs2)C(=O)O)cn1C. The zero-order chi connectivity index (χ0) is 17.2. The van der Waals surface area contributed by atoms with E-state index in [1.165, 1.54) is 22.1 Å². The maximum atomic E-state index is 12.2. The van der Waals surface area contributed by atoms with Gasteiger partial charge in [-0.25, -0.2) is 13.4 Å². The van der Waals surface area contributed by atoms with Crippen molar-refractivity contribution in [3.05, 3.63) is 34.4 Å². The summed E-state index contributed by atoms with van der Waals surface area (Å²) in [4.78, 5) is 27.5. The molecule has 2 heterocycles. The summed E-state index contributed by atoms with van der Waals surface area (Å²) in [7, 11) is -2.51. The largest absolute Gasteiger partial charge is 0.480 e. The number of hydrogen-bond acceptors (Lipinski definition) is 6. The number of ketones is 1. The molecule has 0 fully saturated rings. The van der Waals surface area contributed by atoms with E-state index in [-0.39, 0.29) is 5.03 Å². The molecule has 8 nitrogen and oxygen atoms in total. The second-order valence-corrected chi connectivity index (χ2v) is 7.46. The highest BCUT2D eigenvalue weighted by Gasteiger charge is 2.29. The molecule has 10 heteroatoms. The third kappa shape index (κ3) is 4.03. The first-order chi connectivity index (χ1) is 10.7. The van der Waals surface area contributed by atoms with E-state index in [4.69, 9.17) is 0 Å². The van der Waals surface area contributed by atoms with E-state index in [0.29, 0.717) is 10.7 Å². The predicted octanol–water partition coefficient (Wildman–Crippen LogP) is 0.795. The van der Waals surface area contributed by atoms with Gasteiger partial charge in [0, 0.05) is 19.7 Å². The molecule has 0 amide bonds. The average Bonchev–Trinajstić information content (AvgIpc) is 3.09. The van der Waals surface area contributed by atoms with Crippen LogP contribution in [0.25, 0.3) is 0 Å². The van der Waals surface area contributed by atoms with Gasteiger partial charge in [0.25, 0.3) is 10.0 Å². The molecule has 2 aromatic rings. The predicted molar refractivity (Wildman–Crippen MR) is 83.0 cm³/mol. The molecular weight excluding hydrogens is 342 g/mol. The highest BCUT2D eigenvalue weighted by atomic mass is 32.2. The maximum Gasteiger partial charge on any atom is 0.322 e. The Balaban J connectivity index is 2.19. The van der Waals surface area contributed by atoms with E-state index in [9.17, 15) is 23.1 Å². The van der Waals surface area contributed by atoms with Crippen molar-refractivity contribution >= 4 is 33.1 Å². The number of nitrogens with zero attached hydrogens (tertiary/aromatic N) is 2. The molecule has 0 radical (unpaired) electrons. The summed E-state index contributed by atoms with van der Waals surface area (Å²) in [5.74, 6) is -1.40. The molecule has 0 spiro atoms. The number of nitrogens with one attached hydrogen (secondary N) is 1. The lowest BCUT2D eigenvalue weighted by Gasteiger charge is -2.12. The summed E-state index contributed by atoms with van der Waals surface area (Å²) in [5.41, 5.74) is 0. The molecule has 2 aromatic heterocycles. The first-order valence-electron chi connectivity index (χ1n) is 6.52. The number of hydrogen-bond donors (Lipinski definition) is 2. The Morgan fingerprint density at radius 1 is 1.48 bits per heavy atom. The van der Waals surface area contributed by atoms with Gasteiger partial charge in [0.05, 0.1) is 4.88 Å². The lowest BCUT2D eigenvalue weighted by Crippen LogP contribution is -2.42. The van der Waals surface area contributed by atoms with E-state index in [1.807, 2.05) is 4.72 Å². The van der Waals surface area contributed by atoms with Crippen molar-refractivity contribution < 1.29 is 23.1 Å². The van der Waals surface area contributed by atoms with Crippen molar-refractivity contribution in [2.75, 3.05) is 0 Å². The van der Waals surface area contributed by atoms with Crippen molar-refractivity contribution in [2.24, 2.45) is 7.05 Å². The number of aliphatic carboxylic acids is 1. The van der Waals surface area contributed by atoms with Crippen LogP contribution in [0.4, 0.5) is 0 Å². The van der Waals surface area contributed by atoms with E-state index in [1.54, 1.807) is 31.5 Å².